The van der Waals surface area contributed by atoms with Gasteiger partial charge in [-0.05, 0) is 42.7 Å². The normalized spacial score (nSPS) is 14.1. The summed E-state index contributed by atoms with van der Waals surface area (Å²) in [6, 6.07) is 9.50. The third-order valence-corrected chi connectivity index (χ3v) is 4.97. The lowest BCUT2D eigenvalue weighted by Crippen LogP contribution is -2.20. The maximum absolute atomic E-state index is 14.9. The molecule has 0 atom stereocenters. The number of fused-ring (bicyclic) bond motifs is 3. The van der Waals surface area contributed by atoms with Gasteiger partial charge in [-0.15, -0.1) is 0 Å². The van der Waals surface area contributed by atoms with E-state index in [-0.39, 0.29) is 17.1 Å². The Morgan fingerprint density at radius 2 is 1.96 bits per heavy atom. The molecule has 0 radical (unpaired) electrons. The Morgan fingerprint density at radius 3 is 2.63 bits per heavy atom. The van der Waals surface area contributed by atoms with Gasteiger partial charge in [0.1, 0.15) is 5.82 Å². The summed E-state index contributed by atoms with van der Waals surface area (Å²) >= 11 is 0. The summed E-state index contributed by atoms with van der Waals surface area (Å²) in [5.74, 6) is -0.996. The molecule has 2 N–H and O–H groups in total. The third-order valence-electron chi connectivity index (χ3n) is 4.97. The molecule has 2 aromatic heterocycles. The van der Waals surface area contributed by atoms with Gasteiger partial charge in [-0.3, -0.25) is 9.59 Å². The molecular formula is C20H14FN3O3. The summed E-state index contributed by atoms with van der Waals surface area (Å²) in [6.07, 6.45) is 3.01. The van der Waals surface area contributed by atoms with Gasteiger partial charge in [0.25, 0.3) is 5.56 Å². The van der Waals surface area contributed by atoms with Crippen molar-refractivity contribution in [3.63, 3.8) is 0 Å². The van der Waals surface area contributed by atoms with Crippen LogP contribution >= 0.6 is 0 Å². The third kappa shape index (κ3) is 2.35. The lowest BCUT2D eigenvalue weighted by Gasteiger charge is -2.12. The molecule has 27 heavy (non-hydrogen) atoms. The topological polar surface area (TPSA) is 91.1 Å². The van der Waals surface area contributed by atoms with E-state index in [1.165, 1.54) is 12.5 Å². The van der Waals surface area contributed by atoms with Crippen molar-refractivity contribution in [3.8, 4) is 11.1 Å². The Bertz CT molecular complexity index is 1280. The second-order valence-corrected chi connectivity index (χ2v) is 6.73. The number of nitrogens with zero attached hydrogens (tertiary/aromatic N) is 2. The average molecular weight is 363 g/mol. The minimum atomic E-state index is -0.546. The van der Waals surface area contributed by atoms with Gasteiger partial charge in [-0.25, -0.2) is 9.37 Å². The summed E-state index contributed by atoms with van der Waals surface area (Å²) in [5, 5.41) is 0.518. The molecule has 5 rings (SSSR count). The van der Waals surface area contributed by atoms with Crippen molar-refractivity contribution in [3.05, 3.63) is 64.5 Å². The number of rotatable bonds is 3. The van der Waals surface area contributed by atoms with Gasteiger partial charge in [0.2, 0.25) is 5.91 Å². The lowest BCUT2D eigenvalue weighted by atomic mass is 10.0. The molecule has 0 aliphatic heterocycles. The molecule has 7 heteroatoms. The van der Waals surface area contributed by atoms with Crippen molar-refractivity contribution < 1.29 is 13.6 Å². The van der Waals surface area contributed by atoms with E-state index in [0.29, 0.717) is 33.2 Å². The number of amides is 1. The number of aromatic nitrogens is 2. The first-order valence-corrected chi connectivity index (χ1v) is 8.56. The van der Waals surface area contributed by atoms with Gasteiger partial charge < -0.3 is 14.7 Å². The van der Waals surface area contributed by atoms with Gasteiger partial charge in [-0.1, -0.05) is 12.1 Å². The molecular weight excluding hydrogens is 349 g/mol. The molecule has 1 aliphatic carbocycles. The van der Waals surface area contributed by atoms with Crippen molar-refractivity contribution in [1.29, 1.82) is 0 Å². The minimum Gasteiger partial charge on any atom is -0.443 e. The molecule has 0 bridgehead atoms. The molecule has 1 aliphatic rings. The molecule has 1 amide bonds. The van der Waals surface area contributed by atoms with E-state index in [2.05, 4.69) is 4.98 Å². The number of nitrogens with two attached hydrogens (primary N) is 1. The standard InChI is InChI=1S/C20H14FN3O3/c21-15-7-14-16(8-13(15)10-1-3-11(4-2-10)19(22)25)24(12-5-6-12)20(26)17-18(14)27-9-23-17/h1-4,7-9,12H,5-6H2,(H2,22,25). The monoisotopic (exact) mass is 363 g/mol. The number of benzene rings is 2. The van der Waals surface area contributed by atoms with Gasteiger partial charge in [0, 0.05) is 22.6 Å². The van der Waals surface area contributed by atoms with Gasteiger partial charge in [-0.2, -0.15) is 0 Å². The number of hydrogen-bond acceptors (Lipinski definition) is 4. The van der Waals surface area contributed by atoms with Crippen LogP contribution in [0.15, 0.2) is 52.0 Å². The summed E-state index contributed by atoms with van der Waals surface area (Å²) in [7, 11) is 0. The van der Waals surface area contributed by atoms with Crippen molar-refractivity contribution >= 4 is 27.9 Å². The molecule has 1 fully saturated rings. The molecule has 0 unspecified atom stereocenters. The fourth-order valence-electron chi connectivity index (χ4n) is 3.49. The second-order valence-electron chi connectivity index (χ2n) is 6.73. The first-order chi connectivity index (χ1) is 13.0. The molecule has 1 saturated carbocycles. The minimum absolute atomic E-state index is 0.0941. The first kappa shape index (κ1) is 15.7. The largest absolute Gasteiger partial charge is 0.443 e. The Balaban J connectivity index is 1.81. The quantitative estimate of drug-likeness (QED) is 0.604. The van der Waals surface area contributed by atoms with Crippen molar-refractivity contribution in [1.82, 2.24) is 9.55 Å². The summed E-state index contributed by atoms with van der Waals surface area (Å²) < 4.78 is 22.0. The molecule has 2 heterocycles. The molecule has 134 valence electrons. The number of primary amides is 1. The number of halogens is 1. The van der Waals surface area contributed by atoms with Crippen LogP contribution in [0.25, 0.3) is 33.1 Å². The summed E-state index contributed by atoms with van der Waals surface area (Å²) in [6.45, 7) is 0. The van der Waals surface area contributed by atoms with E-state index in [0.717, 1.165) is 12.8 Å². The molecule has 2 aromatic carbocycles. The Kier molecular flexibility index (Phi) is 3.21. The molecule has 0 spiro atoms. The maximum Gasteiger partial charge on any atom is 0.281 e. The SMILES string of the molecule is NC(=O)c1ccc(-c2cc3c(cc2F)c2ocnc2c(=O)n3C2CC2)cc1. The van der Waals surface area contributed by atoms with Crippen molar-refractivity contribution in [2.24, 2.45) is 5.73 Å². The van der Waals surface area contributed by atoms with Crippen LogP contribution in [0, 0.1) is 5.82 Å². The maximum atomic E-state index is 14.9. The zero-order valence-corrected chi connectivity index (χ0v) is 14.1. The smallest absolute Gasteiger partial charge is 0.281 e. The van der Waals surface area contributed by atoms with Crippen molar-refractivity contribution in [2.45, 2.75) is 18.9 Å². The van der Waals surface area contributed by atoms with E-state index in [1.807, 2.05) is 0 Å². The van der Waals surface area contributed by atoms with E-state index in [9.17, 15) is 14.0 Å². The number of hydrogen-bond donors (Lipinski definition) is 1. The van der Waals surface area contributed by atoms with Crippen LogP contribution in [0.2, 0.25) is 0 Å². The van der Waals surface area contributed by atoms with Crippen LogP contribution in [0.3, 0.4) is 0 Å². The second kappa shape index (κ2) is 5.51. The van der Waals surface area contributed by atoms with Gasteiger partial charge in [0.05, 0.1) is 5.52 Å². The van der Waals surface area contributed by atoms with Crippen LogP contribution in [0.5, 0.6) is 0 Å². The Morgan fingerprint density at radius 1 is 1.22 bits per heavy atom. The van der Waals surface area contributed by atoms with Crippen molar-refractivity contribution in [2.75, 3.05) is 0 Å². The van der Waals surface area contributed by atoms with E-state index < -0.39 is 11.7 Å². The molecule has 4 aromatic rings. The van der Waals surface area contributed by atoms with E-state index in [1.54, 1.807) is 34.9 Å². The van der Waals surface area contributed by atoms with Crippen LogP contribution in [0.4, 0.5) is 4.39 Å². The average Bonchev–Trinajstić information content (AvgIpc) is 3.36. The van der Waals surface area contributed by atoms with Crippen LogP contribution in [0.1, 0.15) is 29.2 Å². The summed E-state index contributed by atoms with van der Waals surface area (Å²) in [4.78, 5) is 28.1. The number of pyridine rings is 1. The number of oxazole rings is 1. The zero-order valence-electron chi connectivity index (χ0n) is 14.1. The lowest BCUT2D eigenvalue weighted by molar-refractivity contribution is 0.100. The highest BCUT2D eigenvalue weighted by atomic mass is 19.1. The predicted molar refractivity (Wildman–Crippen MR) is 98.0 cm³/mol. The number of carbonyl (C=O) groups is 1. The van der Waals surface area contributed by atoms with Crippen LogP contribution < -0.4 is 11.3 Å². The van der Waals surface area contributed by atoms with Gasteiger partial charge >= 0.3 is 0 Å². The highest BCUT2D eigenvalue weighted by molar-refractivity contribution is 6.02. The molecule has 6 nitrogen and oxygen atoms in total. The fraction of sp³-hybridized carbons (Fsp3) is 0.150. The van der Waals surface area contributed by atoms with E-state index in [4.69, 9.17) is 10.2 Å². The van der Waals surface area contributed by atoms with Gasteiger partial charge in [0.15, 0.2) is 17.5 Å². The highest BCUT2D eigenvalue weighted by Crippen LogP contribution is 2.39. The predicted octanol–water partition coefficient (Wildman–Crippen LogP) is 3.38. The van der Waals surface area contributed by atoms with Crippen LogP contribution in [-0.2, 0) is 0 Å². The Hall–Kier alpha value is -3.48. The van der Waals surface area contributed by atoms with E-state index >= 15 is 0 Å². The highest BCUT2D eigenvalue weighted by Gasteiger charge is 2.29. The van der Waals surface area contributed by atoms with Crippen LogP contribution in [-0.4, -0.2) is 15.5 Å². The zero-order chi connectivity index (χ0) is 18.7. The summed E-state index contributed by atoms with van der Waals surface area (Å²) in [5.41, 5.74) is 7.43. The number of carbonyl (C=O) groups excluding carboxylic acids is 1. The Labute approximate surface area is 152 Å². The first-order valence-electron chi connectivity index (χ1n) is 8.56. The fourth-order valence-corrected chi connectivity index (χ4v) is 3.49. The molecule has 0 saturated heterocycles.